The van der Waals surface area contributed by atoms with E-state index >= 15 is 0 Å². The summed E-state index contributed by atoms with van der Waals surface area (Å²) in [5.41, 5.74) is 2.94. The normalized spacial score (nSPS) is 11.0. The van der Waals surface area contributed by atoms with Gasteiger partial charge in [-0.3, -0.25) is 4.68 Å². The lowest BCUT2D eigenvalue weighted by Crippen LogP contribution is -2.10. The minimum Gasteiger partial charge on any atom is -0.370 e. The van der Waals surface area contributed by atoms with Crippen molar-refractivity contribution in [1.29, 1.82) is 0 Å². The topological polar surface area (TPSA) is 67.7 Å². The summed E-state index contributed by atoms with van der Waals surface area (Å²) in [4.78, 5) is 9.27. The van der Waals surface area contributed by atoms with E-state index in [1.807, 2.05) is 27.1 Å². The van der Waals surface area contributed by atoms with Crippen molar-refractivity contribution < 1.29 is 0 Å². The van der Waals surface area contributed by atoms with Crippen LogP contribution >= 0.6 is 0 Å². The van der Waals surface area contributed by atoms with E-state index in [-0.39, 0.29) is 5.92 Å². The number of aryl methyl sites for hydroxylation is 2. The van der Waals surface area contributed by atoms with Gasteiger partial charge in [-0.2, -0.15) is 5.10 Å². The van der Waals surface area contributed by atoms with Crippen LogP contribution in [0.5, 0.6) is 0 Å². The maximum atomic E-state index is 4.66. The van der Waals surface area contributed by atoms with Crippen LogP contribution in [-0.4, -0.2) is 26.3 Å². The van der Waals surface area contributed by atoms with Gasteiger partial charge in [-0.25, -0.2) is 9.97 Å². The molecule has 0 aliphatic heterocycles. The fraction of sp³-hybridized carbons (Fsp3) is 0.533. The van der Waals surface area contributed by atoms with Crippen LogP contribution in [0.15, 0.2) is 6.20 Å². The van der Waals surface area contributed by atoms with Crippen LogP contribution in [0.4, 0.5) is 17.3 Å². The van der Waals surface area contributed by atoms with Crippen molar-refractivity contribution in [1.82, 2.24) is 19.7 Å². The van der Waals surface area contributed by atoms with Gasteiger partial charge in [-0.15, -0.1) is 0 Å². The van der Waals surface area contributed by atoms with Crippen LogP contribution in [0.3, 0.4) is 0 Å². The van der Waals surface area contributed by atoms with E-state index in [2.05, 4.69) is 46.5 Å². The molecule has 0 radical (unpaired) electrons. The highest BCUT2D eigenvalue weighted by Gasteiger charge is 2.14. The van der Waals surface area contributed by atoms with Gasteiger partial charge in [-0.05, 0) is 20.8 Å². The third-order valence-corrected chi connectivity index (χ3v) is 3.29. The summed E-state index contributed by atoms with van der Waals surface area (Å²) in [5, 5.41) is 11.0. The molecular formula is C15H24N6. The molecule has 0 bridgehead atoms. The minimum atomic E-state index is 0.276. The van der Waals surface area contributed by atoms with Gasteiger partial charge < -0.3 is 10.6 Å². The lowest BCUT2D eigenvalue weighted by atomic mass is 10.2. The second-order valence-electron chi connectivity index (χ2n) is 5.52. The monoisotopic (exact) mass is 288 g/mol. The Balaban J connectivity index is 2.43. The highest BCUT2D eigenvalue weighted by molar-refractivity contribution is 5.65. The Kier molecular flexibility index (Phi) is 4.45. The third-order valence-electron chi connectivity index (χ3n) is 3.29. The van der Waals surface area contributed by atoms with Crippen molar-refractivity contribution in [3.8, 4) is 0 Å². The Bertz CT molecular complexity index is 629. The largest absolute Gasteiger partial charge is 0.370 e. The Labute approximate surface area is 126 Å². The zero-order valence-electron chi connectivity index (χ0n) is 13.7. The van der Waals surface area contributed by atoms with Crippen LogP contribution in [-0.2, 0) is 7.05 Å². The molecule has 2 aromatic rings. The van der Waals surface area contributed by atoms with Gasteiger partial charge >= 0.3 is 0 Å². The molecule has 0 atom stereocenters. The standard InChI is InChI=1S/C15H24N6/c1-7-16-14-10(4)15(19-13(18-14)9(2)3)17-12-8-21(6)20-11(12)5/h8-9H,7H2,1-6H3,(H2,16,17,18,19). The van der Waals surface area contributed by atoms with Crippen molar-refractivity contribution in [2.45, 2.75) is 40.5 Å². The van der Waals surface area contributed by atoms with E-state index in [0.29, 0.717) is 0 Å². The van der Waals surface area contributed by atoms with Gasteiger partial charge in [0.05, 0.1) is 11.4 Å². The summed E-state index contributed by atoms with van der Waals surface area (Å²) in [6.45, 7) is 11.1. The molecule has 0 aliphatic carbocycles. The first kappa shape index (κ1) is 15.3. The van der Waals surface area contributed by atoms with Crippen LogP contribution in [0.25, 0.3) is 0 Å². The molecule has 2 N–H and O–H groups in total. The maximum Gasteiger partial charge on any atom is 0.139 e. The average molecular weight is 288 g/mol. The highest BCUT2D eigenvalue weighted by Crippen LogP contribution is 2.26. The lowest BCUT2D eigenvalue weighted by Gasteiger charge is -2.15. The van der Waals surface area contributed by atoms with Gasteiger partial charge in [0.1, 0.15) is 17.5 Å². The Morgan fingerprint density at radius 2 is 1.86 bits per heavy atom. The fourth-order valence-electron chi connectivity index (χ4n) is 2.10. The van der Waals surface area contributed by atoms with Crippen molar-refractivity contribution in [2.75, 3.05) is 17.2 Å². The van der Waals surface area contributed by atoms with Crippen LogP contribution in [0, 0.1) is 13.8 Å². The molecule has 6 nitrogen and oxygen atoms in total. The van der Waals surface area contributed by atoms with Crippen molar-refractivity contribution in [3.05, 3.63) is 23.3 Å². The first-order chi connectivity index (χ1) is 9.92. The van der Waals surface area contributed by atoms with Crippen LogP contribution in [0.2, 0.25) is 0 Å². The molecule has 0 spiro atoms. The van der Waals surface area contributed by atoms with E-state index in [1.54, 1.807) is 4.68 Å². The number of nitrogens with one attached hydrogen (secondary N) is 2. The SMILES string of the molecule is CCNc1nc(C(C)C)nc(Nc2cn(C)nc2C)c1C. The molecule has 114 valence electrons. The second-order valence-corrected chi connectivity index (χ2v) is 5.52. The highest BCUT2D eigenvalue weighted by atomic mass is 15.3. The lowest BCUT2D eigenvalue weighted by molar-refractivity contribution is 0.756. The number of hydrogen-bond acceptors (Lipinski definition) is 5. The number of anilines is 3. The zero-order valence-corrected chi connectivity index (χ0v) is 13.7. The first-order valence-electron chi connectivity index (χ1n) is 7.32. The number of rotatable bonds is 5. The maximum absolute atomic E-state index is 4.66. The molecule has 0 saturated carbocycles. The molecule has 2 aromatic heterocycles. The summed E-state index contributed by atoms with van der Waals surface area (Å²) in [7, 11) is 1.91. The second kappa shape index (κ2) is 6.11. The van der Waals surface area contributed by atoms with Crippen LogP contribution in [0.1, 0.15) is 43.8 Å². The quantitative estimate of drug-likeness (QED) is 0.884. The van der Waals surface area contributed by atoms with E-state index < -0.39 is 0 Å². The summed E-state index contributed by atoms with van der Waals surface area (Å²) in [5.74, 6) is 2.83. The predicted molar refractivity (Wildman–Crippen MR) is 86.2 cm³/mol. The molecule has 0 amide bonds. The smallest absolute Gasteiger partial charge is 0.139 e. The molecular weight excluding hydrogens is 264 g/mol. The molecule has 0 fully saturated rings. The summed E-state index contributed by atoms with van der Waals surface area (Å²) >= 11 is 0. The Morgan fingerprint density at radius 3 is 2.38 bits per heavy atom. The number of nitrogens with zero attached hydrogens (tertiary/aromatic N) is 4. The third kappa shape index (κ3) is 3.32. The van der Waals surface area contributed by atoms with Gasteiger partial charge in [0, 0.05) is 31.3 Å². The molecule has 21 heavy (non-hydrogen) atoms. The molecule has 0 saturated heterocycles. The van der Waals surface area contributed by atoms with Crippen molar-refractivity contribution in [2.24, 2.45) is 7.05 Å². The molecule has 2 heterocycles. The fourth-order valence-corrected chi connectivity index (χ4v) is 2.10. The summed E-state index contributed by atoms with van der Waals surface area (Å²) in [6, 6.07) is 0. The van der Waals surface area contributed by atoms with Gasteiger partial charge in [0.15, 0.2) is 0 Å². The van der Waals surface area contributed by atoms with Crippen molar-refractivity contribution >= 4 is 17.3 Å². The van der Waals surface area contributed by atoms with Gasteiger partial charge in [0.25, 0.3) is 0 Å². The molecule has 2 rings (SSSR count). The number of aromatic nitrogens is 4. The zero-order chi connectivity index (χ0) is 15.6. The van der Waals surface area contributed by atoms with E-state index in [1.165, 1.54) is 0 Å². The Hall–Kier alpha value is -2.11. The summed E-state index contributed by atoms with van der Waals surface area (Å²) < 4.78 is 1.79. The summed E-state index contributed by atoms with van der Waals surface area (Å²) in [6.07, 6.45) is 1.96. The van der Waals surface area contributed by atoms with Crippen molar-refractivity contribution in [3.63, 3.8) is 0 Å². The first-order valence-corrected chi connectivity index (χ1v) is 7.32. The molecule has 0 aromatic carbocycles. The van der Waals surface area contributed by atoms with E-state index in [4.69, 9.17) is 0 Å². The molecule has 0 aliphatic rings. The average Bonchev–Trinajstić information content (AvgIpc) is 2.72. The molecule has 0 unspecified atom stereocenters. The van der Waals surface area contributed by atoms with Crippen LogP contribution < -0.4 is 10.6 Å². The Morgan fingerprint density at radius 1 is 1.19 bits per heavy atom. The molecule has 6 heteroatoms. The van der Waals surface area contributed by atoms with Gasteiger partial charge in [0.2, 0.25) is 0 Å². The van der Waals surface area contributed by atoms with E-state index in [9.17, 15) is 0 Å². The predicted octanol–water partition coefficient (Wildman–Crippen LogP) is 3.13. The van der Waals surface area contributed by atoms with E-state index in [0.717, 1.165) is 40.9 Å². The van der Waals surface area contributed by atoms with Gasteiger partial charge in [-0.1, -0.05) is 13.8 Å². The number of hydrogen-bond donors (Lipinski definition) is 2. The minimum absolute atomic E-state index is 0.276.